The molecule has 2 rings (SSSR count). The highest BCUT2D eigenvalue weighted by atomic mass is 19.1. The predicted octanol–water partition coefficient (Wildman–Crippen LogP) is 3.12. The molecule has 1 aliphatic heterocycles. The topological polar surface area (TPSA) is 65.4 Å². The minimum Gasteiger partial charge on any atom is -0.444 e. The van der Waals surface area contributed by atoms with Crippen LogP contribution in [-0.2, 0) is 4.74 Å². The fourth-order valence-corrected chi connectivity index (χ4v) is 2.31. The van der Waals surface area contributed by atoms with Gasteiger partial charge in [-0.25, -0.2) is 9.18 Å². The van der Waals surface area contributed by atoms with Gasteiger partial charge in [-0.05, 0) is 45.4 Å². The van der Waals surface area contributed by atoms with Crippen LogP contribution in [0.25, 0.3) is 0 Å². The van der Waals surface area contributed by atoms with Gasteiger partial charge in [-0.15, -0.1) is 0 Å². The molecule has 0 aromatic heterocycles. The summed E-state index contributed by atoms with van der Waals surface area (Å²) in [7, 11) is 0. The number of nitriles is 1. The van der Waals surface area contributed by atoms with Crippen LogP contribution in [0.1, 0.15) is 32.8 Å². The van der Waals surface area contributed by atoms with Gasteiger partial charge < -0.3 is 15.0 Å². The summed E-state index contributed by atoms with van der Waals surface area (Å²) in [5, 5.41) is 12.1. The van der Waals surface area contributed by atoms with E-state index in [1.165, 1.54) is 12.1 Å². The van der Waals surface area contributed by atoms with E-state index in [4.69, 9.17) is 10.00 Å². The molecule has 22 heavy (non-hydrogen) atoms. The van der Waals surface area contributed by atoms with Crippen LogP contribution in [-0.4, -0.2) is 35.7 Å². The van der Waals surface area contributed by atoms with E-state index in [2.05, 4.69) is 5.32 Å². The summed E-state index contributed by atoms with van der Waals surface area (Å²) in [4.78, 5) is 13.6. The van der Waals surface area contributed by atoms with Crippen LogP contribution in [0.2, 0.25) is 0 Å². The first-order valence-corrected chi connectivity index (χ1v) is 7.22. The van der Waals surface area contributed by atoms with Crippen molar-refractivity contribution >= 4 is 11.8 Å². The van der Waals surface area contributed by atoms with E-state index in [1.807, 2.05) is 26.8 Å². The van der Waals surface area contributed by atoms with Crippen molar-refractivity contribution in [3.63, 3.8) is 0 Å². The normalized spacial score (nSPS) is 18.0. The Morgan fingerprint density at radius 2 is 2.23 bits per heavy atom. The Labute approximate surface area is 129 Å². The Hall–Kier alpha value is -2.29. The molecule has 6 heteroatoms. The molecule has 1 fully saturated rings. The van der Waals surface area contributed by atoms with Crippen LogP contribution in [0, 0.1) is 17.1 Å². The first kappa shape index (κ1) is 16.1. The highest BCUT2D eigenvalue weighted by Crippen LogP contribution is 2.20. The second-order valence-corrected chi connectivity index (χ2v) is 6.36. The Bertz CT molecular complexity index is 604. The lowest BCUT2D eigenvalue weighted by atomic mass is 10.2. The molecule has 1 aromatic rings. The zero-order valence-corrected chi connectivity index (χ0v) is 13.0. The molecule has 5 nitrogen and oxygen atoms in total. The van der Waals surface area contributed by atoms with Gasteiger partial charge in [-0.3, -0.25) is 0 Å². The zero-order chi connectivity index (χ0) is 16.3. The average molecular weight is 305 g/mol. The van der Waals surface area contributed by atoms with Gasteiger partial charge in [-0.2, -0.15) is 5.26 Å². The molecule has 0 bridgehead atoms. The summed E-state index contributed by atoms with van der Waals surface area (Å²) in [5.41, 5.74) is 0.169. The third kappa shape index (κ3) is 4.10. The fraction of sp³-hybridized carbons (Fsp3) is 0.500. The van der Waals surface area contributed by atoms with Crippen molar-refractivity contribution in [2.75, 3.05) is 18.4 Å². The van der Waals surface area contributed by atoms with E-state index in [1.54, 1.807) is 11.0 Å². The standard InChI is InChI=1S/C16H20FN3O2/c1-16(2,3)22-15(21)20-7-6-13(10-20)19-12-4-5-14(17)11(8-12)9-18/h4-5,8,13,19H,6-7,10H2,1-3H3. The molecular formula is C16H20FN3O2. The maximum absolute atomic E-state index is 13.3. The first-order chi connectivity index (χ1) is 10.3. The number of amides is 1. The number of halogens is 1. The zero-order valence-electron chi connectivity index (χ0n) is 13.0. The van der Waals surface area contributed by atoms with Crippen molar-refractivity contribution < 1.29 is 13.9 Å². The van der Waals surface area contributed by atoms with Gasteiger partial charge in [0.1, 0.15) is 17.5 Å². The molecule has 1 aliphatic rings. The van der Waals surface area contributed by atoms with Crippen LogP contribution in [0.4, 0.5) is 14.9 Å². The van der Waals surface area contributed by atoms with Gasteiger partial charge >= 0.3 is 6.09 Å². The first-order valence-electron chi connectivity index (χ1n) is 7.22. The molecule has 0 saturated carbocycles. The molecular weight excluding hydrogens is 285 g/mol. The quantitative estimate of drug-likeness (QED) is 0.911. The summed E-state index contributed by atoms with van der Waals surface area (Å²) in [6.07, 6.45) is 0.451. The number of carbonyl (C=O) groups is 1. The van der Waals surface area contributed by atoms with Crippen LogP contribution >= 0.6 is 0 Å². The Balaban J connectivity index is 1.94. The van der Waals surface area contributed by atoms with E-state index >= 15 is 0 Å². The summed E-state index contributed by atoms with van der Waals surface area (Å²) >= 11 is 0. The number of nitrogens with zero attached hydrogens (tertiary/aromatic N) is 2. The SMILES string of the molecule is CC(C)(C)OC(=O)N1CCC(Nc2ccc(F)c(C#N)c2)C1. The lowest BCUT2D eigenvalue weighted by Crippen LogP contribution is -2.36. The van der Waals surface area contributed by atoms with Gasteiger partial charge in [-0.1, -0.05) is 0 Å². The summed E-state index contributed by atoms with van der Waals surface area (Å²) < 4.78 is 18.6. The maximum Gasteiger partial charge on any atom is 0.410 e. The summed E-state index contributed by atoms with van der Waals surface area (Å²) in [6.45, 7) is 6.63. The van der Waals surface area contributed by atoms with Crippen molar-refractivity contribution in [1.29, 1.82) is 5.26 Å². The van der Waals surface area contributed by atoms with Crippen LogP contribution in [0.15, 0.2) is 18.2 Å². The van der Waals surface area contributed by atoms with E-state index in [9.17, 15) is 9.18 Å². The third-order valence-corrected chi connectivity index (χ3v) is 3.30. The Morgan fingerprint density at radius 3 is 2.86 bits per heavy atom. The van der Waals surface area contributed by atoms with E-state index in [-0.39, 0.29) is 17.7 Å². The molecule has 1 saturated heterocycles. The highest BCUT2D eigenvalue weighted by Gasteiger charge is 2.29. The van der Waals surface area contributed by atoms with Crippen LogP contribution in [0.5, 0.6) is 0 Å². The van der Waals surface area contributed by atoms with Gasteiger partial charge in [0.05, 0.1) is 5.56 Å². The monoisotopic (exact) mass is 305 g/mol. The second-order valence-electron chi connectivity index (χ2n) is 6.36. The molecule has 1 atom stereocenters. The summed E-state index contributed by atoms with van der Waals surface area (Å²) in [5.74, 6) is -0.533. The molecule has 1 amide bonds. The van der Waals surface area contributed by atoms with Crippen molar-refractivity contribution in [1.82, 2.24) is 4.90 Å². The van der Waals surface area contributed by atoms with Crippen LogP contribution in [0.3, 0.4) is 0 Å². The number of hydrogen-bond acceptors (Lipinski definition) is 4. The number of nitrogens with one attached hydrogen (secondary N) is 1. The Morgan fingerprint density at radius 1 is 1.50 bits per heavy atom. The molecule has 1 aromatic carbocycles. The van der Waals surface area contributed by atoms with Crippen molar-refractivity contribution in [3.8, 4) is 6.07 Å². The molecule has 1 unspecified atom stereocenters. The number of ether oxygens (including phenoxy) is 1. The molecule has 0 radical (unpaired) electrons. The van der Waals surface area contributed by atoms with Crippen LogP contribution < -0.4 is 5.32 Å². The summed E-state index contributed by atoms with van der Waals surface area (Å²) in [6, 6.07) is 6.21. The molecule has 1 N–H and O–H groups in total. The van der Waals surface area contributed by atoms with Gasteiger partial charge in [0.25, 0.3) is 0 Å². The fourth-order valence-electron chi connectivity index (χ4n) is 2.31. The highest BCUT2D eigenvalue weighted by molar-refractivity contribution is 5.68. The number of rotatable bonds is 2. The number of likely N-dealkylation sites (tertiary alicyclic amines) is 1. The van der Waals surface area contributed by atoms with Gasteiger partial charge in [0.15, 0.2) is 0 Å². The number of benzene rings is 1. The smallest absolute Gasteiger partial charge is 0.410 e. The average Bonchev–Trinajstić information content (AvgIpc) is 2.87. The minimum atomic E-state index is -0.533. The number of carbonyl (C=O) groups excluding carboxylic acids is 1. The van der Waals surface area contributed by atoms with E-state index in [0.29, 0.717) is 18.8 Å². The third-order valence-electron chi connectivity index (χ3n) is 3.30. The molecule has 1 heterocycles. The predicted molar refractivity (Wildman–Crippen MR) is 80.9 cm³/mol. The van der Waals surface area contributed by atoms with Crippen molar-refractivity contribution in [3.05, 3.63) is 29.6 Å². The van der Waals surface area contributed by atoms with Crippen molar-refractivity contribution in [2.24, 2.45) is 0 Å². The molecule has 118 valence electrons. The molecule has 0 spiro atoms. The lowest BCUT2D eigenvalue weighted by Gasteiger charge is -2.24. The van der Waals surface area contributed by atoms with Gasteiger partial charge in [0, 0.05) is 24.8 Å². The lowest BCUT2D eigenvalue weighted by molar-refractivity contribution is 0.0293. The molecule has 0 aliphatic carbocycles. The largest absolute Gasteiger partial charge is 0.444 e. The minimum absolute atomic E-state index is 0.00648. The van der Waals surface area contributed by atoms with Crippen molar-refractivity contribution in [2.45, 2.75) is 38.8 Å². The second kappa shape index (κ2) is 6.22. The number of anilines is 1. The maximum atomic E-state index is 13.3. The van der Waals surface area contributed by atoms with E-state index < -0.39 is 11.4 Å². The Kier molecular flexibility index (Phi) is 4.55. The van der Waals surface area contributed by atoms with E-state index in [0.717, 1.165) is 6.42 Å². The number of hydrogen-bond donors (Lipinski definition) is 1. The van der Waals surface area contributed by atoms with Gasteiger partial charge in [0.2, 0.25) is 0 Å².